The monoisotopic (exact) mass is 310 g/mol. The Morgan fingerprint density at radius 3 is 2.73 bits per heavy atom. The SMILES string of the molecule is CC(=C/C=C/C#C[Si](C)(C)C)/C=C/c1ccc2c(c1)OCO2. The summed E-state index contributed by atoms with van der Waals surface area (Å²) in [5.74, 6) is 4.74. The number of rotatable bonds is 3. The van der Waals surface area contributed by atoms with Crippen molar-refractivity contribution in [2.75, 3.05) is 6.79 Å². The van der Waals surface area contributed by atoms with Crippen molar-refractivity contribution in [2.45, 2.75) is 26.6 Å². The van der Waals surface area contributed by atoms with E-state index < -0.39 is 8.07 Å². The normalized spacial score (nSPS) is 14.5. The van der Waals surface area contributed by atoms with Crippen molar-refractivity contribution >= 4 is 14.1 Å². The second-order valence-corrected chi connectivity index (χ2v) is 11.0. The number of hydrogen-bond donors (Lipinski definition) is 0. The molecule has 0 unspecified atom stereocenters. The molecule has 0 amide bonds. The first-order valence-electron chi connectivity index (χ1n) is 7.38. The van der Waals surface area contributed by atoms with Crippen LogP contribution in [-0.4, -0.2) is 14.9 Å². The van der Waals surface area contributed by atoms with E-state index in [1.54, 1.807) is 0 Å². The van der Waals surface area contributed by atoms with Crippen molar-refractivity contribution in [3.05, 3.63) is 53.6 Å². The Hall–Kier alpha value is -2.18. The van der Waals surface area contributed by atoms with Gasteiger partial charge in [-0.1, -0.05) is 61.5 Å². The third-order valence-electron chi connectivity index (χ3n) is 2.92. The molecule has 0 radical (unpaired) electrons. The third kappa shape index (κ3) is 5.31. The lowest BCUT2D eigenvalue weighted by Crippen LogP contribution is -2.16. The third-order valence-corrected chi connectivity index (χ3v) is 3.82. The van der Waals surface area contributed by atoms with Crippen LogP contribution in [0.1, 0.15) is 12.5 Å². The van der Waals surface area contributed by atoms with Gasteiger partial charge in [-0.05, 0) is 30.7 Å². The minimum atomic E-state index is -1.27. The van der Waals surface area contributed by atoms with Gasteiger partial charge in [-0.3, -0.25) is 0 Å². The maximum atomic E-state index is 5.37. The molecule has 0 saturated carbocycles. The summed E-state index contributed by atoms with van der Waals surface area (Å²) < 4.78 is 10.7. The van der Waals surface area contributed by atoms with Crippen molar-refractivity contribution in [2.24, 2.45) is 0 Å². The molecule has 0 aliphatic carbocycles. The topological polar surface area (TPSA) is 18.5 Å². The molecule has 114 valence electrons. The van der Waals surface area contributed by atoms with E-state index in [-0.39, 0.29) is 0 Å². The van der Waals surface area contributed by atoms with Crippen LogP contribution in [-0.2, 0) is 0 Å². The smallest absolute Gasteiger partial charge is 0.231 e. The molecule has 0 bridgehead atoms. The summed E-state index contributed by atoms with van der Waals surface area (Å²) in [6.45, 7) is 9.10. The Morgan fingerprint density at radius 1 is 1.18 bits per heavy atom. The molecule has 0 N–H and O–H groups in total. The molecule has 0 atom stereocenters. The molecule has 1 aromatic rings. The molecule has 0 saturated heterocycles. The zero-order chi connectivity index (χ0) is 16.0. The Bertz CT molecular complexity index is 680. The first kappa shape index (κ1) is 16.2. The predicted molar refractivity (Wildman–Crippen MR) is 95.6 cm³/mol. The van der Waals surface area contributed by atoms with Crippen LogP contribution in [0.5, 0.6) is 11.5 Å². The molecule has 22 heavy (non-hydrogen) atoms. The average molecular weight is 310 g/mol. The summed E-state index contributed by atoms with van der Waals surface area (Å²) in [4.78, 5) is 0. The maximum Gasteiger partial charge on any atom is 0.231 e. The summed E-state index contributed by atoms with van der Waals surface area (Å²) in [5.41, 5.74) is 5.57. The van der Waals surface area contributed by atoms with Gasteiger partial charge in [0.05, 0.1) is 0 Å². The minimum absolute atomic E-state index is 0.310. The van der Waals surface area contributed by atoms with Crippen LogP contribution in [0.15, 0.2) is 48.1 Å². The number of fused-ring (bicyclic) bond motifs is 1. The molecule has 0 spiro atoms. The lowest BCUT2D eigenvalue weighted by molar-refractivity contribution is 0.174. The van der Waals surface area contributed by atoms with E-state index in [1.165, 1.54) is 5.57 Å². The summed E-state index contributed by atoms with van der Waals surface area (Å²) in [5, 5.41) is 0. The summed E-state index contributed by atoms with van der Waals surface area (Å²) in [7, 11) is -1.27. The molecular weight excluding hydrogens is 288 g/mol. The predicted octanol–water partition coefficient (Wildman–Crippen LogP) is 4.81. The average Bonchev–Trinajstić information content (AvgIpc) is 2.91. The lowest BCUT2D eigenvalue weighted by atomic mass is 10.1. The molecule has 2 nitrogen and oxygen atoms in total. The van der Waals surface area contributed by atoms with E-state index in [2.05, 4.69) is 56.3 Å². The number of benzene rings is 1. The fourth-order valence-corrected chi connectivity index (χ4v) is 2.32. The van der Waals surface area contributed by atoms with E-state index in [0.717, 1.165) is 17.1 Å². The van der Waals surface area contributed by atoms with Crippen LogP contribution < -0.4 is 9.47 Å². The summed E-state index contributed by atoms with van der Waals surface area (Å²) in [6.07, 6.45) is 10.1. The lowest BCUT2D eigenvalue weighted by Gasteiger charge is -2.01. The highest BCUT2D eigenvalue weighted by Gasteiger charge is 2.11. The van der Waals surface area contributed by atoms with Crippen LogP contribution >= 0.6 is 0 Å². The fourth-order valence-electron chi connectivity index (χ4n) is 1.81. The zero-order valence-corrected chi connectivity index (χ0v) is 14.6. The first-order chi connectivity index (χ1) is 10.4. The van der Waals surface area contributed by atoms with Crippen LogP contribution in [0.3, 0.4) is 0 Å². The van der Waals surface area contributed by atoms with Crippen molar-refractivity contribution in [3.63, 3.8) is 0 Å². The molecule has 0 aromatic heterocycles. The maximum absolute atomic E-state index is 5.37. The van der Waals surface area contributed by atoms with Crippen LogP contribution in [0, 0.1) is 11.5 Å². The van der Waals surface area contributed by atoms with Crippen molar-refractivity contribution in [1.82, 2.24) is 0 Å². The largest absolute Gasteiger partial charge is 0.454 e. The number of hydrogen-bond acceptors (Lipinski definition) is 2. The standard InChI is InChI=1S/C19H22O2Si/c1-16(8-6-5-7-13-22(2,3)4)9-10-17-11-12-18-19(14-17)21-15-20-18/h5-6,8-12,14H,15H2,1-4H3/b6-5+,10-9+,16-8-. The highest BCUT2D eigenvalue weighted by Crippen LogP contribution is 2.32. The van der Waals surface area contributed by atoms with Gasteiger partial charge < -0.3 is 9.47 Å². The van der Waals surface area contributed by atoms with Gasteiger partial charge in [-0.2, -0.15) is 0 Å². The van der Waals surface area contributed by atoms with Gasteiger partial charge in [0.2, 0.25) is 6.79 Å². The number of ether oxygens (including phenoxy) is 2. The van der Waals surface area contributed by atoms with E-state index >= 15 is 0 Å². The summed E-state index contributed by atoms with van der Waals surface area (Å²) >= 11 is 0. The first-order valence-corrected chi connectivity index (χ1v) is 10.9. The van der Waals surface area contributed by atoms with E-state index in [9.17, 15) is 0 Å². The molecule has 1 aliphatic rings. The van der Waals surface area contributed by atoms with Crippen LogP contribution in [0.4, 0.5) is 0 Å². The highest BCUT2D eigenvalue weighted by molar-refractivity contribution is 6.83. The van der Waals surface area contributed by atoms with Gasteiger partial charge in [0.15, 0.2) is 11.5 Å². The van der Waals surface area contributed by atoms with E-state index in [1.807, 2.05) is 30.4 Å². The van der Waals surface area contributed by atoms with E-state index in [4.69, 9.17) is 9.47 Å². The zero-order valence-electron chi connectivity index (χ0n) is 13.6. The molecule has 3 heteroatoms. The molecule has 1 aromatic carbocycles. The molecule has 1 aliphatic heterocycles. The Labute approximate surface area is 134 Å². The van der Waals surface area contributed by atoms with Crippen molar-refractivity contribution in [1.29, 1.82) is 0 Å². The van der Waals surface area contributed by atoms with Crippen LogP contribution in [0.25, 0.3) is 6.08 Å². The molecule has 0 fully saturated rings. The van der Waals surface area contributed by atoms with Crippen molar-refractivity contribution in [3.8, 4) is 23.0 Å². The second kappa shape index (κ2) is 7.19. The Balaban J connectivity index is 1.96. The summed E-state index contributed by atoms with van der Waals surface area (Å²) in [6, 6.07) is 5.95. The van der Waals surface area contributed by atoms with E-state index in [0.29, 0.717) is 6.79 Å². The highest BCUT2D eigenvalue weighted by atomic mass is 28.3. The molecule has 1 heterocycles. The van der Waals surface area contributed by atoms with Gasteiger partial charge in [-0.25, -0.2) is 0 Å². The number of allylic oxidation sites excluding steroid dienone is 5. The Kier molecular flexibility index (Phi) is 5.29. The van der Waals surface area contributed by atoms with Gasteiger partial charge in [-0.15, -0.1) is 5.54 Å². The van der Waals surface area contributed by atoms with Crippen molar-refractivity contribution < 1.29 is 9.47 Å². The molecule has 2 rings (SSSR count). The van der Waals surface area contributed by atoms with Crippen LogP contribution in [0.2, 0.25) is 19.6 Å². The second-order valence-electron chi connectivity index (χ2n) is 6.24. The molecular formula is C19H22O2Si. The van der Waals surface area contributed by atoms with Gasteiger partial charge >= 0.3 is 0 Å². The Morgan fingerprint density at radius 2 is 1.95 bits per heavy atom. The quantitative estimate of drug-likeness (QED) is 0.453. The minimum Gasteiger partial charge on any atom is -0.454 e. The van der Waals surface area contributed by atoms with Gasteiger partial charge in [0, 0.05) is 0 Å². The fraction of sp³-hybridized carbons (Fsp3) is 0.263. The van der Waals surface area contributed by atoms with Gasteiger partial charge in [0.1, 0.15) is 8.07 Å². The van der Waals surface area contributed by atoms with Gasteiger partial charge in [0.25, 0.3) is 0 Å².